The van der Waals surface area contributed by atoms with E-state index in [0.717, 1.165) is 0 Å². The summed E-state index contributed by atoms with van der Waals surface area (Å²) in [5.74, 6) is -0.880. The van der Waals surface area contributed by atoms with Crippen LogP contribution in [-0.2, 0) is 0 Å². The van der Waals surface area contributed by atoms with Crippen LogP contribution >= 0.6 is 0 Å². The monoisotopic (exact) mass is 182 g/mol. The molecule has 5 nitrogen and oxygen atoms in total. The highest BCUT2D eigenvalue weighted by molar-refractivity contribution is 5.94. The predicted octanol–water partition coefficient (Wildman–Crippen LogP) is 0.0803. The van der Waals surface area contributed by atoms with Crippen molar-refractivity contribution in [3.8, 4) is 0 Å². The summed E-state index contributed by atoms with van der Waals surface area (Å²) in [5.41, 5.74) is 4.95. The van der Waals surface area contributed by atoms with Crippen LogP contribution in [0.3, 0.4) is 0 Å². The molecule has 0 saturated carbocycles. The fourth-order valence-corrected chi connectivity index (χ4v) is 0.806. The highest BCUT2D eigenvalue weighted by atomic mass is 16.4. The molecule has 0 bridgehead atoms. The maximum absolute atomic E-state index is 11.3. The van der Waals surface area contributed by atoms with Crippen molar-refractivity contribution < 1.29 is 14.0 Å². The van der Waals surface area contributed by atoms with Gasteiger partial charge in [-0.2, -0.15) is 0 Å². The van der Waals surface area contributed by atoms with Crippen molar-refractivity contribution in [2.45, 2.75) is 0 Å². The summed E-state index contributed by atoms with van der Waals surface area (Å²) in [5, 5.41) is 0. The smallest absolute Gasteiger partial charge is 0.289 e. The molecule has 0 spiro atoms. The van der Waals surface area contributed by atoms with E-state index in [1.54, 1.807) is 14.1 Å². The zero-order valence-electron chi connectivity index (χ0n) is 7.40. The molecular weight excluding hydrogens is 172 g/mol. The van der Waals surface area contributed by atoms with Crippen LogP contribution in [0.2, 0.25) is 0 Å². The van der Waals surface area contributed by atoms with Crippen LogP contribution < -0.4 is 5.73 Å². The molecule has 1 aromatic heterocycles. The van der Waals surface area contributed by atoms with Gasteiger partial charge in [-0.15, -0.1) is 0 Å². The molecule has 0 unspecified atom stereocenters. The molecule has 13 heavy (non-hydrogen) atoms. The van der Waals surface area contributed by atoms with Crippen molar-refractivity contribution in [1.29, 1.82) is 0 Å². The molecule has 2 amide bonds. The standard InChI is InChI=1S/C8H10N2O3/c1-10(2)8(12)6-4-3-5(13-6)7(9)11/h3-4H,1-2H3,(H2,9,11). The first-order valence-electron chi connectivity index (χ1n) is 3.63. The van der Waals surface area contributed by atoms with Gasteiger partial charge in [0.15, 0.2) is 11.5 Å². The van der Waals surface area contributed by atoms with E-state index < -0.39 is 5.91 Å². The average molecular weight is 182 g/mol. The molecule has 1 rings (SSSR count). The van der Waals surface area contributed by atoms with E-state index in [0.29, 0.717) is 0 Å². The van der Waals surface area contributed by atoms with E-state index in [1.165, 1.54) is 17.0 Å². The Morgan fingerprint density at radius 2 is 1.85 bits per heavy atom. The second kappa shape index (κ2) is 3.30. The summed E-state index contributed by atoms with van der Waals surface area (Å²) < 4.78 is 4.90. The summed E-state index contributed by atoms with van der Waals surface area (Å²) in [6.07, 6.45) is 0. The minimum atomic E-state index is -0.683. The van der Waals surface area contributed by atoms with Gasteiger partial charge in [0.2, 0.25) is 0 Å². The third-order valence-corrected chi connectivity index (χ3v) is 1.47. The molecule has 5 heteroatoms. The van der Waals surface area contributed by atoms with Crippen molar-refractivity contribution in [2.24, 2.45) is 5.73 Å². The lowest BCUT2D eigenvalue weighted by Crippen LogP contribution is -2.21. The first-order valence-corrected chi connectivity index (χ1v) is 3.63. The van der Waals surface area contributed by atoms with Crippen LogP contribution in [0.5, 0.6) is 0 Å². The maximum atomic E-state index is 11.3. The zero-order chi connectivity index (χ0) is 10.0. The quantitative estimate of drug-likeness (QED) is 0.703. The van der Waals surface area contributed by atoms with Gasteiger partial charge in [0.05, 0.1) is 0 Å². The van der Waals surface area contributed by atoms with Crippen LogP contribution in [0.15, 0.2) is 16.5 Å². The van der Waals surface area contributed by atoms with Crippen molar-refractivity contribution in [3.63, 3.8) is 0 Å². The van der Waals surface area contributed by atoms with E-state index in [9.17, 15) is 9.59 Å². The molecule has 70 valence electrons. The minimum Gasteiger partial charge on any atom is -0.446 e. The van der Waals surface area contributed by atoms with Gasteiger partial charge in [0, 0.05) is 14.1 Å². The second-order valence-corrected chi connectivity index (χ2v) is 2.73. The Morgan fingerprint density at radius 1 is 1.31 bits per heavy atom. The van der Waals surface area contributed by atoms with E-state index in [4.69, 9.17) is 10.2 Å². The summed E-state index contributed by atoms with van der Waals surface area (Å²) in [6.45, 7) is 0. The number of carbonyl (C=O) groups excluding carboxylic acids is 2. The number of hydrogen-bond acceptors (Lipinski definition) is 3. The predicted molar refractivity (Wildman–Crippen MR) is 45.2 cm³/mol. The fraction of sp³-hybridized carbons (Fsp3) is 0.250. The van der Waals surface area contributed by atoms with Crippen molar-refractivity contribution in [2.75, 3.05) is 14.1 Å². The fourth-order valence-electron chi connectivity index (χ4n) is 0.806. The van der Waals surface area contributed by atoms with Crippen LogP contribution in [0.1, 0.15) is 21.1 Å². The minimum absolute atomic E-state index is 0.00907. The molecule has 2 N–H and O–H groups in total. The van der Waals surface area contributed by atoms with Gasteiger partial charge in [-0.25, -0.2) is 0 Å². The number of primary amides is 1. The number of rotatable bonds is 2. The molecule has 1 heterocycles. The van der Waals surface area contributed by atoms with Crippen LogP contribution in [0.25, 0.3) is 0 Å². The Morgan fingerprint density at radius 3 is 2.23 bits per heavy atom. The highest BCUT2D eigenvalue weighted by Crippen LogP contribution is 2.08. The van der Waals surface area contributed by atoms with Gasteiger partial charge in [0.1, 0.15) is 0 Å². The van der Waals surface area contributed by atoms with Crippen molar-refractivity contribution in [3.05, 3.63) is 23.7 Å². The molecule has 1 aromatic rings. The summed E-state index contributed by atoms with van der Waals surface area (Å²) in [6, 6.07) is 2.79. The van der Waals surface area contributed by atoms with Gasteiger partial charge in [-0.1, -0.05) is 0 Å². The average Bonchev–Trinajstić information content (AvgIpc) is 2.50. The van der Waals surface area contributed by atoms with E-state index in [2.05, 4.69) is 0 Å². The largest absolute Gasteiger partial charge is 0.446 e. The van der Waals surface area contributed by atoms with Crippen LogP contribution in [-0.4, -0.2) is 30.8 Å². The Hall–Kier alpha value is -1.78. The Labute approximate surface area is 75.1 Å². The first-order chi connectivity index (χ1) is 6.02. The molecular formula is C8H10N2O3. The topological polar surface area (TPSA) is 76.5 Å². The lowest BCUT2D eigenvalue weighted by molar-refractivity contribution is 0.0793. The van der Waals surface area contributed by atoms with E-state index >= 15 is 0 Å². The Bertz CT molecular complexity index is 341. The van der Waals surface area contributed by atoms with Gasteiger partial charge in [0.25, 0.3) is 11.8 Å². The van der Waals surface area contributed by atoms with Crippen molar-refractivity contribution in [1.82, 2.24) is 4.90 Å². The number of furan rings is 1. The summed E-state index contributed by atoms with van der Waals surface area (Å²) in [4.78, 5) is 23.2. The van der Waals surface area contributed by atoms with Crippen LogP contribution in [0, 0.1) is 0 Å². The molecule has 0 fully saturated rings. The number of nitrogens with two attached hydrogens (primary N) is 1. The second-order valence-electron chi connectivity index (χ2n) is 2.73. The molecule has 0 aliphatic rings. The number of nitrogens with zero attached hydrogens (tertiary/aromatic N) is 1. The molecule has 0 aliphatic heterocycles. The number of amides is 2. The Balaban J connectivity index is 2.92. The van der Waals surface area contributed by atoms with Crippen molar-refractivity contribution >= 4 is 11.8 Å². The molecule has 0 saturated heterocycles. The third kappa shape index (κ3) is 1.87. The normalized spacial score (nSPS) is 9.69. The van der Waals surface area contributed by atoms with Gasteiger partial charge in [-0.3, -0.25) is 9.59 Å². The lowest BCUT2D eigenvalue weighted by atomic mass is 10.4. The first kappa shape index (κ1) is 9.31. The summed E-state index contributed by atoms with van der Waals surface area (Å²) in [7, 11) is 3.18. The molecule has 0 aliphatic carbocycles. The molecule has 0 atom stereocenters. The lowest BCUT2D eigenvalue weighted by Gasteiger charge is -2.06. The Kier molecular flexibility index (Phi) is 2.36. The van der Waals surface area contributed by atoms with E-state index in [-0.39, 0.29) is 17.4 Å². The highest BCUT2D eigenvalue weighted by Gasteiger charge is 2.14. The molecule has 0 aromatic carbocycles. The zero-order valence-corrected chi connectivity index (χ0v) is 7.40. The molecule has 0 radical (unpaired) electrons. The number of hydrogen-bond donors (Lipinski definition) is 1. The summed E-state index contributed by atoms with van der Waals surface area (Å²) >= 11 is 0. The van der Waals surface area contributed by atoms with Gasteiger partial charge >= 0.3 is 0 Å². The van der Waals surface area contributed by atoms with Gasteiger partial charge in [-0.05, 0) is 12.1 Å². The number of carbonyl (C=O) groups is 2. The third-order valence-electron chi connectivity index (χ3n) is 1.47. The van der Waals surface area contributed by atoms with Crippen LogP contribution in [0.4, 0.5) is 0 Å². The maximum Gasteiger partial charge on any atom is 0.289 e. The SMILES string of the molecule is CN(C)C(=O)c1ccc(C(N)=O)o1. The van der Waals surface area contributed by atoms with Gasteiger partial charge < -0.3 is 15.1 Å². The van der Waals surface area contributed by atoms with E-state index in [1.807, 2.05) is 0 Å².